The average Bonchev–Trinajstić information content (AvgIpc) is 2.41. The van der Waals surface area contributed by atoms with Crippen molar-refractivity contribution in [2.75, 3.05) is 5.73 Å². The van der Waals surface area contributed by atoms with Gasteiger partial charge in [-0.05, 0) is 18.6 Å². The van der Waals surface area contributed by atoms with Gasteiger partial charge in [0.05, 0.1) is 0 Å². The Kier molecular flexibility index (Phi) is 1.30. The molecular weight excluding hydrogens is 157 g/mol. The summed E-state index contributed by atoms with van der Waals surface area (Å²) in [6.07, 6.45) is 0. The van der Waals surface area contributed by atoms with E-state index in [1.165, 1.54) is 0 Å². The average molecular weight is 165 g/mol. The number of nitrogens with one attached hydrogen (secondary N) is 1. The van der Waals surface area contributed by atoms with Gasteiger partial charge in [0, 0.05) is 5.39 Å². The fourth-order valence-corrected chi connectivity index (χ4v) is 1.18. The molecule has 2 rings (SSSR count). The minimum Gasteiger partial charge on any atom is -0.382 e. The summed E-state index contributed by atoms with van der Waals surface area (Å²) < 4.78 is 13.3. The zero-order valence-corrected chi connectivity index (χ0v) is 6.56. The first-order valence-electron chi connectivity index (χ1n) is 3.59. The van der Waals surface area contributed by atoms with Crippen LogP contribution in [0.15, 0.2) is 12.1 Å². The van der Waals surface area contributed by atoms with Crippen LogP contribution in [0.4, 0.5) is 10.2 Å². The van der Waals surface area contributed by atoms with Crippen molar-refractivity contribution in [2.45, 2.75) is 6.92 Å². The highest BCUT2D eigenvalue weighted by molar-refractivity contribution is 5.89. The van der Waals surface area contributed by atoms with Gasteiger partial charge >= 0.3 is 0 Å². The lowest BCUT2D eigenvalue weighted by Gasteiger charge is -1.95. The van der Waals surface area contributed by atoms with Gasteiger partial charge in [0.2, 0.25) is 0 Å². The Morgan fingerprint density at radius 3 is 3.00 bits per heavy atom. The molecule has 0 amide bonds. The molecule has 2 aromatic rings. The van der Waals surface area contributed by atoms with E-state index >= 15 is 0 Å². The van der Waals surface area contributed by atoms with E-state index in [2.05, 4.69) is 10.2 Å². The maximum Gasteiger partial charge on any atom is 0.153 e. The molecule has 0 aliphatic carbocycles. The molecule has 4 heteroatoms. The number of hydrogen-bond donors (Lipinski definition) is 2. The number of rotatable bonds is 0. The Morgan fingerprint density at radius 2 is 2.25 bits per heavy atom. The molecule has 0 radical (unpaired) electrons. The van der Waals surface area contributed by atoms with Gasteiger partial charge in [0.25, 0.3) is 0 Å². The van der Waals surface area contributed by atoms with Crippen molar-refractivity contribution < 1.29 is 4.39 Å². The number of hydrogen-bond acceptors (Lipinski definition) is 2. The van der Waals surface area contributed by atoms with Crippen LogP contribution in [0.2, 0.25) is 0 Å². The molecule has 1 heterocycles. The minimum absolute atomic E-state index is 0.281. The first-order valence-corrected chi connectivity index (χ1v) is 3.59. The summed E-state index contributed by atoms with van der Waals surface area (Å²) >= 11 is 0. The summed E-state index contributed by atoms with van der Waals surface area (Å²) in [5.74, 6) is 0.0561. The van der Waals surface area contributed by atoms with Crippen molar-refractivity contribution >= 4 is 16.7 Å². The normalized spacial score (nSPS) is 10.8. The second-order valence-corrected chi connectivity index (χ2v) is 2.73. The number of fused-ring (bicyclic) bond motifs is 1. The van der Waals surface area contributed by atoms with Gasteiger partial charge < -0.3 is 5.73 Å². The van der Waals surface area contributed by atoms with E-state index < -0.39 is 0 Å². The van der Waals surface area contributed by atoms with E-state index in [0.717, 1.165) is 0 Å². The molecule has 12 heavy (non-hydrogen) atoms. The molecule has 0 saturated carbocycles. The number of aromatic amines is 1. The van der Waals surface area contributed by atoms with E-state index in [1.807, 2.05) is 0 Å². The predicted molar refractivity (Wildman–Crippen MR) is 45.2 cm³/mol. The minimum atomic E-state index is -0.281. The first-order chi connectivity index (χ1) is 5.70. The van der Waals surface area contributed by atoms with Crippen molar-refractivity contribution in [2.24, 2.45) is 0 Å². The molecule has 3 nitrogen and oxygen atoms in total. The topological polar surface area (TPSA) is 54.7 Å². The number of nitrogens with two attached hydrogens (primary N) is 1. The van der Waals surface area contributed by atoms with Crippen LogP contribution in [-0.4, -0.2) is 10.2 Å². The summed E-state index contributed by atoms with van der Waals surface area (Å²) in [4.78, 5) is 0. The summed E-state index contributed by atoms with van der Waals surface area (Å²) in [6.45, 7) is 1.70. The van der Waals surface area contributed by atoms with Crippen LogP contribution in [0.25, 0.3) is 10.9 Å². The van der Waals surface area contributed by atoms with Crippen molar-refractivity contribution in [3.05, 3.63) is 23.5 Å². The molecular formula is C8H8FN3. The van der Waals surface area contributed by atoms with E-state index in [9.17, 15) is 4.39 Å². The molecule has 0 aliphatic rings. The zero-order chi connectivity index (χ0) is 8.72. The highest BCUT2D eigenvalue weighted by Crippen LogP contribution is 2.22. The van der Waals surface area contributed by atoms with E-state index in [1.54, 1.807) is 19.1 Å². The predicted octanol–water partition coefficient (Wildman–Crippen LogP) is 1.59. The first kappa shape index (κ1) is 7.09. The summed E-state index contributed by atoms with van der Waals surface area (Å²) in [5.41, 5.74) is 6.46. The summed E-state index contributed by atoms with van der Waals surface area (Å²) in [7, 11) is 0. The molecule has 1 aromatic carbocycles. The van der Waals surface area contributed by atoms with Crippen LogP contribution in [0.1, 0.15) is 5.56 Å². The van der Waals surface area contributed by atoms with Crippen LogP contribution in [0.3, 0.4) is 0 Å². The summed E-state index contributed by atoms with van der Waals surface area (Å²) in [5, 5.41) is 6.89. The van der Waals surface area contributed by atoms with Crippen LogP contribution in [0, 0.1) is 12.7 Å². The zero-order valence-electron chi connectivity index (χ0n) is 6.56. The highest BCUT2D eigenvalue weighted by Gasteiger charge is 2.08. The van der Waals surface area contributed by atoms with E-state index in [0.29, 0.717) is 22.3 Å². The maximum absolute atomic E-state index is 13.3. The second-order valence-electron chi connectivity index (χ2n) is 2.73. The molecule has 0 fully saturated rings. The lowest BCUT2D eigenvalue weighted by atomic mass is 10.1. The lowest BCUT2D eigenvalue weighted by molar-refractivity contribution is 0.627. The number of nitrogens with zero attached hydrogens (tertiary/aromatic N) is 1. The number of benzene rings is 1. The number of H-pyrrole nitrogens is 1. The largest absolute Gasteiger partial charge is 0.382 e. The van der Waals surface area contributed by atoms with Crippen molar-refractivity contribution in [3.8, 4) is 0 Å². The Balaban J connectivity index is 2.93. The van der Waals surface area contributed by atoms with Crippen molar-refractivity contribution in [1.82, 2.24) is 10.2 Å². The molecule has 1 aromatic heterocycles. The fraction of sp³-hybridized carbons (Fsp3) is 0.125. The SMILES string of the molecule is Cc1ccc2c(N)n[nH]c2c1F. The molecule has 0 saturated heterocycles. The number of aryl methyl sites for hydroxylation is 1. The van der Waals surface area contributed by atoms with Gasteiger partial charge in [0.15, 0.2) is 11.6 Å². The van der Waals surface area contributed by atoms with Gasteiger partial charge in [0.1, 0.15) is 5.52 Å². The molecule has 0 atom stereocenters. The Hall–Kier alpha value is -1.58. The lowest BCUT2D eigenvalue weighted by Crippen LogP contribution is -1.85. The van der Waals surface area contributed by atoms with E-state index in [4.69, 9.17) is 5.73 Å². The number of anilines is 1. The molecule has 3 N–H and O–H groups in total. The van der Waals surface area contributed by atoms with Gasteiger partial charge in [-0.3, -0.25) is 5.10 Å². The number of aromatic nitrogens is 2. The second kappa shape index (κ2) is 2.20. The smallest absolute Gasteiger partial charge is 0.153 e. The van der Waals surface area contributed by atoms with Crippen molar-refractivity contribution in [1.29, 1.82) is 0 Å². The van der Waals surface area contributed by atoms with Gasteiger partial charge in [-0.15, -0.1) is 0 Å². The standard InChI is InChI=1S/C8H8FN3/c1-4-2-3-5-7(6(4)9)11-12-8(5)10/h2-3H,1H3,(H3,10,11,12). The monoisotopic (exact) mass is 165 g/mol. The van der Waals surface area contributed by atoms with Gasteiger partial charge in [-0.25, -0.2) is 4.39 Å². The van der Waals surface area contributed by atoms with Crippen LogP contribution in [0.5, 0.6) is 0 Å². The molecule has 0 bridgehead atoms. The Bertz CT molecular complexity index is 433. The van der Waals surface area contributed by atoms with Crippen LogP contribution < -0.4 is 5.73 Å². The summed E-state index contributed by atoms with van der Waals surface area (Å²) in [6, 6.07) is 3.44. The quantitative estimate of drug-likeness (QED) is 0.622. The van der Waals surface area contributed by atoms with Gasteiger partial charge in [-0.2, -0.15) is 5.10 Å². The van der Waals surface area contributed by atoms with E-state index in [-0.39, 0.29) is 5.82 Å². The Labute approximate surface area is 68.4 Å². The Morgan fingerprint density at radius 1 is 1.50 bits per heavy atom. The van der Waals surface area contributed by atoms with Crippen LogP contribution >= 0.6 is 0 Å². The highest BCUT2D eigenvalue weighted by atomic mass is 19.1. The van der Waals surface area contributed by atoms with Gasteiger partial charge in [-0.1, -0.05) is 6.07 Å². The maximum atomic E-state index is 13.3. The fourth-order valence-electron chi connectivity index (χ4n) is 1.18. The number of nitrogen functional groups attached to an aromatic ring is 1. The molecule has 0 unspecified atom stereocenters. The molecule has 62 valence electrons. The van der Waals surface area contributed by atoms with Crippen LogP contribution in [-0.2, 0) is 0 Å². The molecule has 0 aliphatic heterocycles. The van der Waals surface area contributed by atoms with Crippen molar-refractivity contribution in [3.63, 3.8) is 0 Å². The molecule has 0 spiro atoms. The third kappa shape index (κ3) is 0.777. The third-order valence-corrected chi connectivity index (χ3v) is 1.90. The number of halogens is 1. The third-order valence-electron chi connectivity index (χ3n) is 1.90.